The number of hydrogen-bond acceptors (Lipinski definition) is 2. The molecule has 0 radical (unpaired) electrons. The Bertz CT molecular complexity index is 233. The van der Waals surface area contributed by atoms with E-state index in [0.717, 1.165) is 38.5 Å². The van der Waals surface area contributed by atoms with Gasteiger partial charge in [-0.05, 0) is 19.3 Å². The number of allylic oxidation sites excluding steroid dienone is 1. The average Bonchev–Trinajstić information content (AvgIpc) is 2.20. The van der Waals surface area contributed by atoms with Crippen LogP contribution in [0.1, 0.15) is 51.4 Å². The molecule has 0 aliphatic rings. The molecule has 0 aromatic heterocycles. The average molecular weight is 228 g/mol. The largest absolute Gasteiger partial charge is 0.481 e. The van der Waals surface area contributed by atoms with Crippen molar-refractivity contribution >= 4 is 11.9 Å². The predicted molar refractivity (Wildman–Crippen MR) is 61.3 cm³/mol. The Kier molecular flexibility index (Phi) is 9.36. The van der Waals surface area contributed by atoms with Crippen molar-refractivity contribution in [1.82, 2.24) is 0 Å². The lowest BCUT2D eigenvalue weighted by atomic mass is 10.1. The van der Waals surface area contributed by atoms with Gasteiger partial charge in [-0.3, -0.25) is 9.59 Å². The molecule has 4 nitrogen and oxygen atoms in total. The molecule has 0 fully saturated rings. The number of unbranched alkanes of at least 4 members (excludes halogenated alkanes) is 5. The van der Waals surface area contributed by atoms with Gasteiger partial charge in [-0.1, -0.05) is 31.4 Å². The van der Waals surface area contributed by atoms with E-state index >= 15 is 0 Å². The molecule has 0 bridgehead atoms. The van der Waals surface area contributed by atoms with Crippen LogP contribution < -0.4 is 0 Å². The summed E-state index contributed by atoms with van der Waals surface area (Å²) in [5.74, 6) is -1.53. The van der Waals surface area contributed by atoms with E-state index < -0.39 is 11.9 Å². The number of carbonyl (C=O) groups is 2. The molecule has 0 atom stereocenters. The van der Waals surface area contributed by atoms with Crippen molar-refractivity contribution in [3.63, 3.8) is 0 Å². The van der Waals surface area contributed by atoms with Crippen molar-refractivity contribution in [2.24, 2.45) is 0 Å². The molecule has 0 aromatic rings. The van der Waals surface area contributed by atoms with Crippen LogP contribution in [0, 0.1) is 0 Å². The minimum Gasteiger partial charge on any atom is -0.481 e. The summed E-state index contributed by atoms with van der Waals surface area (Å²) in [6.07, 6.45) is 9.73. The molecule has 0 amide bonds. The van der Waals surface area contributed by atoms with Crippen LogP contribution in [0.5, 0.6) is 0 Å². The third-order valence-corrected chi connectivity index (χ3v) is 2.22. The Morgan fingerprint density at radius 1 is 0.812 bits per heavy atom. The molecule has 0 saturated heterocycles. The van der Waals surface area contributed by atoms with Gasteiger partial charge in [0.05, 0.1) is 6.42 Å². The Hall–Kier alpha value is -1.32. The zero-order chi connectivity index (χ0) is 12.2. The molecule has 92 valence electrons. The van der Waals surface area contributed by atoms with E-state index in [1.165, 1.54) is 0 Å². The third-order valence-electron chi connectivity index (χ3n) is 2.22. The van der Waals surface area contributed by atoms with E-state index in [2.05, 4.69) is 0 Å². The molecule has 2 N–H and O–H groups in total. The lowest BCUT2D eigenvalue weighted by molar-refractivity contribution is -0.137. The van der Waals surface area contributed by atoms with Gasteiger partial charge in [0.15, 0.2) is 0 Å². The Balaban J connectivity index is 3.12. The first-order chi connectivity index (χ1) is 7.63. The summed E-state index contributed by atoms with van der Waals surface area (Å²) in [5, 5.41) is 16.8. The van der Waals surface area contributed by atoms with Crippen molar-refractivity contribution in [1.29, 1.82) is 0 Å². The normalized spacial score (nSPS) is 10.8. The first-order valence-corrected chi connectivity index (χ1v) is 5.71. The molecule has 4 heteroatoms. The van der Waals surface area contributed by atoms with Gasteiger partial charge < -0.3 is 10.2 Å². The van der Waals surface area contributed by atoms with Gasteiger partial charge in [0.2, 0.25) is 0 Å². The van der Waals surface area contributed by atoms with Crippen molar-refractivity contribution in [3.8, 4) is 0 Å². The van der Waals surface area contributed by atoms with Gasteiger partial charge >= 0.3 is 11.9 Å². The van der Waals surface area contributed by atoms with Crippen LogP contribution >= 0.6 is 0 Å². The SMILES string of the molecule is O=C(O)CC=CCCCCCCCC(=O)O. The highest BCUT2D eigenvalue weighted by molar-refractivity contribution is 5.68. The van der Waals surface area contributed by atoms with Crippen molar-refractivity contribution in [2.75, 3.05) is 0 Å². The quantitative estimate of drug-likeness (QED) is 0.445. The standard InChI is InChI=1S/C12H20O4/c13-11(14)9-7-5-3-1-2-4-6-8-10-12(15)16/h5,7H,1-4,6,8-10H2,(H,13,14)(H,15,16). The highest BCUT2D eigenvalue weighted by Gasteiger charge is 1.95. The monoisotopic (exact) mass is 228 g/mol. The number of carboxylic acids is 2. The lowest BCUT2D eigenvalue weighted by Gasteiger charge is -1.97. The van der Waals surface area contributed by atoms with Crippen molar-refractivity contribution in [3.05, 3.63) is 12.2 Å². The van der Waals surface area contributed by atoms with Crippen molar-refractivity contribution < 1.29 is 19.8 Å². The second-order valence-electron chi connectivity index (χ2n) is 3.77. The van der Waals surface area contributed by atoms with Gasteiger partial charge in [0, 0.05) is 6.42 Å². The molecular weight excluding hydrogens is 208 g/mol. The molecule has 16 heavy (non-hydrogen) atoms. The summed E-state index contributed by atoms with van der Waals surface area (Å²) in [4.78, 5) is 20.4. The lowest BCUT2D eigenvalue weighted by Crippen LogP contribution is -1.93. The summed E-state index contributed by atoms with van der Waals surface area (Å²) < 4.78 is 0. The van der Waals surface area contributed by atoms with E-state index in [-0.39, 0.29) is 12.8 Å². The van der Waals surface area contributed by atoms with E-state index in [4.69, 9.17) is 10.2 Å². The molecule has 0 unspecified atom stereocenters. The maximum atomic E-state index is 10.2. The van der Waals surface area contributed by atoms with Crippen LogP contribution in [-0.4, -0.2) is 22.2 Å². The summed E-state index contributed by atoms with van der Waals surface area (Å²) >= 11 is 0. The van der Waals surface area contributed by atoms with Gasteiger partial charge in [-0.25, -0.2) is 0 Å². The van der Waals surface area contributed by atoms with Gasteiger partial charge in [-0.15, -0.1) is 0 Å². The summed E-state index contributed by atoms with van der Waals surface area (Å²) in [6.45, 7) is 0. The summed E-state index contributed by atoms with van der Waals surface area (Å²) in [5.41, 5.74) is 0. The van der Waals surface area contributed by atoms with Crippen LogP contribution in [-0.2, 0) is 9.59 Å². The third kappa shape index (κ3) is 12.7. The van der Waals surface area contributed by atoms with E-state index in [9.17, 15) is 9.59 Å². The number of rotatable bonds is 10. The second-order valence-corrected chi connectivity index (χ2v) is 3.77. The number of carboxylic acid groups (broad SMARTS) is 2. The number of aliphatic carboxylic acids is 2. The predicted octanol–water partition coefficient (Wildman–Crippen LogP) is 2.83. The van der Waals surface area contributed by atoms with Crippen LogP contribution in [0.2, 0.25) is 0 Å². The zero-order valence-corrected chi connectivity index (χ0v) is 9.52. The fourth-order valence-corrected chi connectivity index (χ4v) is 1.37. The minimum absolute atomic E-state index is 0.0958. The van der Waals surface area contributed by atoms with Crippen molar-refractivity contribution in [2.45, 2.75) is 51.4 Å². The molecule has 0 aliphatic heterocycles. The zero-order valence-electron chi connectivity index (χ0n) is 9.52. The van der Waals surface area contributed by atoms with Crippen LogP contribution in [0.3, 0.4) is 0 Å². The molecule has 0 spiro atoms. The van der Waals surface area contributed by atoms with Gasteiger partial charge in [-0.2, -0.15) is 0 Å². The number of hydrogen-bond donors (Lipinski definition) is 2. The highest BCUT2D eigenvalue weighted by atomic mass is 16.4. The second kappa shape index (κ2) is 10.2. The molecule has 0 heterocycles. The summed E-state index contributed by atoms with van der Waals surface area (Å²) in [6, 6.07) is 0. The van der Waals surface area contributed by atoms with Crippen LogP contribution in [0.25, 0.3) is 0 Å². The smallest absolute Gasteiger partial charge is 0.307 e. The Morgan fingerprint density at radius 3 is 2.06 bits per heavy atom. The topological polar surface area (TPSA) is 74.6 Å². The fraction of sp³-hybridized carbons (Fsp3) is 0.667. The summed E-state index contributed by atoms with van der Waals surface area (Å²) in [7, 11) is 0. The maximum absolute atomic E-state index is 10.2. The van der Waals surface area contributed by atoms with Crippen LogP contribution in [0.15, 0.2) is 12.2 Å². The van der Waals surface area contributed by atoms with Gasteiger partial charge in [0.1, 0.15) is 0 Å². The molecule has 0 saturated carbocycles. The molecule has 0 aromatic carbocycles. The molecule has 0 rings (SSSR count). The first kappa shape index (κ1) is 14.7. The van der Waals surface area contributed by atoms with Crippen LogP contribution in [0.4, 0.5) is 0 Å². The molecular formula is C12H20O4. The first-order valence-electron chi connectivity index (χ1n) is 5.71. The van der Waals surface area contributed by atoms with E-state index in [1.54, 1.807) is 6.08 Å². The highest BCUT2D eigenvalue weighted by Crippen LogP contribution is 2.07. The fourth-order valence-electron chi connectivity index (χ4n) is 1.37. The Labute approximate surface area is 96.0 Å². The van der Waals surface area contributed by atoms with Gasteiger partial charge in [0.25, 0.3) is 0 Å². The Morgan fingerprint density at radius 2 is 1.44 bits per heavy atom. The maximum Gasteiger partial charge on any atom is 0.307 e. The van der Waals surface area contributed by atoms with E-state index in [0.29, 0.717) is 0 Å². The minimum atomic E-state index is -0.801. The molecule has 0 aliphatic carbocycles. The van der Waals surface area contributed by atoms with E-state index in [1.807, 2.05) is 6.08 Å².